The van der Waals surface area contributed by atoms with Crippen LogP contribution in [0.2, 0.25) is 0 Å². The van der Waals surface area contributed by atoms with Gasteiger partial charge in [0.05, 0.1) is 0 Å². The summed E-state index contributed by atoms with van der Waals surface area (Å²) in [5.74, 6) is 0. The number of carbonyl (C=O) groups is 1. The fourth-order valence-electron chi connectivity index (χ4n) is 1.59. The van der Waals surface area contributed by atoms with Gasteiger partial charge < -0.3 is 9.84 Å². The molecule has 1 aromatic carbocycles. The summed E-state index contributed by atoms with van der Waals surface area (Å²) in [5, 5.41) is 8.78. The van der Waals surface area contributed by atoms with Crippen LogP contribution < -0.4 is 0 Å². The highest BCUT2D eigenvalue weighted by Crippen LogP contribution is 2.39. The highest BCUT2D eigenvalue weighted by atomic mass is 16.7. The highest BCUT2D eigenvalue weighted by molar-refractivity contribution is 5.57. The predicted molar refractivity (Wildman–Crippen MR) is 62.4 cm³/mol. The molecule has 1 atom stereocenters. The minimum atomic E-state index is -1.23. The van der Waals surface area contributed by atoms with Gasteiger partial charge in [-0.3, -0.25) is 0 Å². The van der Waals surface area contributed by atoms with E-state index in [1.807, 2.05) is 51.1 Å². The summed E-state index contributed by atoms with van der Waals surface area (Å²) in [6.45, 7) is 6.04. The van der Waals surface area contributed by atoms with Crippen LogP contribution in [0.1, 0.15) is 38.9 Å². The molecule has 0 radical (unpaired) electrons. The molecule has 88 valence electrons. The van der Waals surface area contributed by atoms with Gasteiger partial charge in [0.2, 0.25) is 0 Å². The van der Waals surface area contributed by atoms with E-state index in [-0.39, 0.29) is 5.41 Å². The Balaban J connectivity index is 3.01. The molecule has 0 aromatic heterocycles. The third-order valence-corrected chi connectivity index (χ3v) is 2.94. The lowest BCUT2D eigenvalue weighted by Crippen LogP contribution is -2.25. The van der Waals surface area contributed by atoms with Crippen LogP contribution in [-0.2, 0) is 4.74 Å². The Morgan fingerprint density at radius 3 is 2.38 bits per heavy atom. The maximum atomic E-state index is 10.7. The smallest absolute Gasteiger partial charge is 0.450 e. The van der Waals surface area contributed by atoms with Crippen LogP contribution in [0.15, 0.2) is 30.3 Å². The molecule has 0 saturated heterocycles. The van der Waals surface area contributed by atoms with Crippen LogP contribution in [0.25, 0.3) is 0 Å². The SMILES string of the molecule is CCC(C)(C)C(OC(=O)O)c1ccccc1. The molecule has 16 heavy (non-hydrogen) atoms. The van der Waals surface area contributed by atoms with Gasteiger partial charge in [-0.25, -0.2) is 4.79 Å². The molecule has 3 nitrogen and oxygen atoms in total. The van der Waals surface area contributed by atoms with E-state index in [0.29, 0.717) is 0 Å². The van der Waals surface area contributed by atoms with Crippen molar-refractivity contribution in [3.05, 3.63) is 35.9 Å². The van der Waals surface area contributed by atoms with Crippen molar-refractivity contribution in [3.8, 4) is 0 Å². The normalized spacial score (nSPS) is 13.2. The molecule has 1 unspecified atom stereocenters. The average Bonchev–Trinajstić information content (AvgIpc) is 2.27. The standard InChI is InChI=1S/C13H18O3/c1-4-13(2,3)11(16-12(14)15)10-8-6-5-7-9-10/h5-9,11H,4H2,1-3H3,(H,14,15). The Morgan fingerprint density at radius 1 is 1.38 bits per heavy atom. The lowest BCUT2D eigenvalue weighted by Gasteiger charge is -2.32. The molecule has 0 bridgehead atoms. The molecule has 0 heterocycles. The Hall–Kier alpha value is -1.51. The zero-order valence-corrected chi connectivity index (χ0v) is 9.93. The predicted octanol–water partition coefficient (Wildman–Crippen LogP) is 3.86. The fourth-order valence-corrected chi connectivity index (χ4v) is 1.59. The van der Waals surface area contributed by atoms with Crippen molar-refractivity contribution < 1.29 is 14.6 Å². The molecular weight excluding hydrogens is 204 g/mol. The Labute approximate surface area is 96.1 Å². The van der Waals surface area contributed by atoms with Crippen molar-refractivity contribution in [3.63, 3.8) is 0 Å². The average molecular weight is 222 g/mol. The number of hydrogen-bond donors (Lipinski definition) is 1. The molecule has 1 rings (SSSR count). The van der Waals surface area contributed by atoms with Gasteiger partial charge in [0, 0.05) is 5.41 Å². The van der Waals surface area contributed by atoms with Crippen LogP contribution in [0.4, 0.5) is 4.79 Å². The van der Waals surface area contributed by atoms with Crippen molar-refractivity contribution in [2.24, 2.45) is 5.41 Å². The highest BCUT2D eigenvalue weighted by Gasteiger charge is 2.32. The van der Waals surface area contributed by atoms with Gasteiger partial charge in [0.15, 0.2) is 0 Å². The first-order valence-electron chi connectivity index (χ1n) is 5.42. The topological polar surface area (TPSA) is 46.5 Å². The molecule has 1 aromatic rings. The number of rotatable bonds is 4. The van der Waals surface area contributed by atoms with E-state index in [2.05, 4.69) is 0 Å². The van der Waals surface area contributed by atoms with Gasteiger partial charge in [-0.1, -0.05) is 51.1 Å². The monoisotopic (exact) mass is 222 g/mol. The van der Waals surface area contributed by atoms with Crippen LogP contribution in [-0.4, -0.2) is 11.3 Å². The molecule has 0 amide bonds. The van der Waals surface area contributed by atoms with E-state index < -0.39 is 12.3 Å². The third-order valence-electron chi connectivity index (χ3n) is 2.94. The van der Waals surface area contributed by atoms with Crippen LogP contribution in [0, 0.1) is 5.41 Å². The molecule has 3 heteroatoms. The zero-order chi connectivity index (χ0) is 12.2. The van der Waals surface area contributed by atoms with E-state index >= 15 is 0 Å². The van der Waals surface area contributed by atoms with Crippen molar-refractivity contribution in [2.75, 3.05) is 0 Å². The maximum absolute atomic E-state index is 10.7. The van der Waals surface area contributed by atoms with E-state index in [9.17, 15) is 4.79 Å². The summed E-state index contributed by atoms with van der Waals surface area (Å²) >= 11 is 0. The zero-order valence-electron chi connectivity index (χ0n) is 9.93. The van der Waals surface area contributed by atoms with Crippen molar-refractivity contribution in [2.45, 2.75) is 33.3 Å². The third kappa shape index (κ3) is 2.99. The van der Waals surface area contributed by atoms with Crippen molar-refractivity contribution in [1.82, 2.24) is 0 Å². The number of benzene rings is 1. The summed E-state index contributed by atoms with van der Waals surface area (Å²) in [5.41, 5.74) is 0.691. The molecule has 0 saturated carbocycles. The summed E-state index contributed by atoms with van der Waals surface area (Å²) in [6.07, 6.45) is -0.800. The largest absolute Gasteiger partial charge is 0.506 e. The first-order valence-corrected chi connectivity index (χ1v) is 5.42. The summed E-state index contributed by atoms with van der Waals surface area (Å²) < 4.78 is 5.01. The Kier molecular flexibility index (Phi) is 3.93. The quantitative estimate of drug-likeness (QED) is 0.787. The lowest BCUT2D eigenvalue weighted by molar-refractivity contribution is -0.00896. The fraction of sp³-hybridized carbons (Fsp3) is 0.462. The minimum Gasteiger partial charge on any atom is -0.450 e. The van der Waals surface area contributed by atoms with Gasteiger partial charge in [0.1, 0.15) is 6.10 Å². The summed E-state index contributed by atoms with van der Waals surface area (Å²) in [7, 11) is 0. The number of hydrogen-bond acceptors (Lipinski definition) is 2. The van der Waals surface area contributed by atoms with E-state index in [1.165, 1.54) is 0 Å². The van der Waals surface area contributed by atoms with Crippen LogP contribution in [0.3, 0.4) is 0 Å². The van der Waals surface area contributed by atoms with Gasteiger partial charge in [-0.15, -0.1) is 0 Å². The van der Waals surface area contributed by atoms with E-state index in [4.69, 9.17) is 9.84 Å². The van der Waals surface area contributed by atoms with Crippen molar-refractivity contribution in [1.29, 1.82) is 0 Å². The van der Waals surface area contributed by atoms with Gasteiger partial charge in [-0.05, 0) is 12.0 Å². The van der Waals surface area contributed by atoms with Crippen LogP contribution in [0.5, 0.6) is 0 Å². The number of carboxylic acid groups (broad SMARTS) is 1. The lowest BCUT2D eigenvalue weighted by atomic mass is 9.80. The van der Waals surface area contributed by atoms with Crippen LogP contribution >= 0.6 is 0 Å². The molecule has 0 spiro atoms. The molecular formula is C13H18O3. The van der Waals surface area contributed by atoms with Gasteiger partial charge in [0.25, 0.3) is 0 Å². The number of ether oxygens (including phenoxy) is 1. The summed E-state index contributed by atoms with van der Waals surface area (Å²) in [6, 6.07) is 9.47. The second-order valence-corrected chi connectivity index (χ2v) is 4.52. The van der Waals surface area contributed by atoms with Gasteiger partial charge >= 0.3 is 6.16 Å². The Morgan fingerprint density at radius 2 is 1.94 bits per heavy atom. The molecule has 0 aliphatic carbocycles. The first-order chi connectivity index (χ1) is 7.47. The molecule has 0 aliphatic rings. The maximum Gasteiger partial charge on any atom is 0.506 e. The molecule has 0 fully saturated rings. The second-order valence-electron chi connectivity index (χ2n) is 4.52. The van der Waals surface area contributed by atoms with Crippen molar-refractivity contribution >= 4 is 6.16 Å². The Bertz CT molecular complexity index is 343. The molecule has 1 N–H and O–H groups in total. The second kappa shape index (κ2) is 5.01. The van der Waals surface area contributed by atoms with E-state index in [0.717, 1.165) is 12.0 Å². The summed E-state index contributed by atoms with van der Waals surface area (Å²) in [4.78, 5) is 10.7. The molecule has 0 aliphatic heterocycles. The minimum absolute atomic E-state index is 0.209. The first kappa shape index (κ1) is 12.6. The van der Waals surface area contributed by atoms with E-state index in [1.54, 1.807) is 0 Å². The van der Waals surface area contributed by atoms with Gasteiger partial charge in [-0.2, -0.15) is 0 Å².